The molecule has 6 nitrogen and oxygen atoms in total. The SMILES string of the molecule is CS(=O)(=O)NCCCN=C(N)N1CCSCC1.I. The fourth-order valence-corrected chi connectivity index (χ4v) is 2.84. The molecule has 0 aromatic rings. The minimum absolute atomic E-state index is 0. The standard InChI is InChI=1S/C9H20N4O2S2.HI/c1-17(14,15)12-4-2-3-11-9(10)13-5-7-16-8-6-13;/h12H,2-8H2,1H3,(H2,10,11);1H. The van der Waals surface area contributed by atoms with Gasteiger partial charge in [-0.1, -0.05) is 0 Å². The third-order valence-corrected chi connectivity index (χ3v) is 3.98. The molecular weight excluding hydrogens is 387 g/mol. The fourth-order valence-electron chi connectivity index (χ4n) is 1.42. The van der Waals surface area contributed by atoms with Gasteiger partial charge in [0.05, 0.1) is 6.26 Å². The molecule has 1 saturated heterocycles. The monoisotopic (exact) mass is 408 g/mol. The van der Waals surface area contributed by atoms with Gasteiger partial charge in [0.25, 0.3) is 0 Å². The van der Waals surface area contributed by atoms with Gasteiger partial charge >= 0.3 is 0 Å². The van der Waals surface area contributed by atoms with Gasteiger partial charge in [0.15, 0.2) is 5.96 Å². The number of thioether (sulfide) groups is 1. The predicted molar refractivity (Wildman–Crippen MR) is 88.3 cm³/mol. The molecule has 0 bridgehead atoms. The molecule has 1 heterocycles. The Morgan fingerprint density at radius 3 is 2.61 bits per heavy atom. The number of hydrogen-bond acceptors (Lipinski definition) is 4. The molecule has 0 aliphatic carbocycles. The van der Waals surface area contributed by atoms with E-state index in [-0.39, 0.29) is 24.0 Å². The van der Waals surface area contributed by atoms with Crippen molar-refractivity contribution in [1.82, 2.24) is 9.62 Å². The van der Waals surface area contributed by atoms with Crippen LogP contribution < -0.4 is 10.5 Å². The summed E-state index contributed by atoms with van der Waals surface area (Å²) >= 11 is 1.92. The minimum atomic E-state index is -3.09. The zero-order valence-electron chi connectivity index (χ0n) is 10.5. The molecule has 18 heavy (non-hydrogen) atoms. The Bertz CT molecular complexity index is 356. The van der Waals surface area contributed by atoms with Gasteiger partial charge in [-0.15, -0.1) is 24.0 Å². The molecule has 1 rings (SSSR count). The van der Waals surface area contributed by atoms with Crippen LogP contribution in [0.2, 0.25) is 0 Å². The number of nitrogens with two attached hydrogens (primary N) is 1. The van der Waals surface area contributed by atoms with Crippen molar-refractivity contribution in [2.75, 3.05) is 43.9 Å². The number of guanidine groups is 1. The fraction of sp³-hybridized carbons (Fsp3) is 0.889. The second kappa shape index (κ2) is 9.21. The van der Waals surface area contributed by atoms with Gasteiger partial charge in [0, 0.05) is 37.7 Å². The first-order valence-corrected chi connectivity index (χ1v) is 8.61. The van der Waals surface area contributed by atoms with Gasteiger partial charge in [0.2, 0.25) is 10.0 Å². The van der Waals surface area contributed by atoms with E-state index in [1.165, 1.54) is 0 Å². The molecule has 0 aromatic carbocycles. The lowest BCUT2D eigenvalue weighted by molar-refractivity contribution is 0.455. The maximum absolute atomic E-state index is 10.8. The maximum atomic E-state index is 10.8. The highest BCUT2D eigenvalue weighted by Crippen LogP contribution is 2.08. The van der Waals surface area contributed by atoms with E-state index in [0.717, 1.165) is 30.9 Å². The molecule has 9 heteroatoms. The van der Waals surface area contributed by atoms with Gasteiger partial charge < -0.3 is 10.6 Å². The largest absolute Gasteiger partial charge is 0.370 e. The summed E-state index contributed by atoms with van der Waals surface area (Å²) in [5.41, 5.74) is 5.84. The zero-order valence-corrected chi connectivity index (χ0v) is 14.4. The molecular formula is C9H21IN4O2S2. The van der Waals surface area contributed by atoms with E-state index >= 15 is 0 Å². The van der Waals surface area contributed by atoms with E-state index in [1.54, 1.807) is 0 Å². The smallest absolute Gasteiger partial charge is 0.208 e. The Morgan fingerprint density at radius 1 is 1.44 bits per heavy atom. The lowest BCUT2D eigenvalue weighted by Crippen LogP contribution is -2.42. The van der Waals surface area contributed by atoms with Crippen molar-refractivity contribution in [3.05, 3.63) is 0 Å². The van der Waals surface area contributed by atoms with E-state index in [9.17, 15) is 8.42 Å². The second-order valence-electron chi connectivity index (χ2n) is 3.86. The first-order chi connectivity index (χ1) is 7.99. The van der Waals surface area contributed by atoms with Crippen LogP contribution in [0.1, 0.15) is 6.42 Å². The van der Waals surface area contributed by atoms with E-state index in [0.29, 0.717) is 25.5 Å². The van der Waals surface area contributed by atoms with Gasteiger partial charge in [-0.2, -0.15) is 11.8 Å². The Kier molecular flexibility index (Phi) is 9.34. The summed E-state index contributed by atoms with van der Waals surface area (Å²) in [6, 6.07) is 0. The summed E-state index contributed by atoms with van der Waals surface area (Å²) in [5.74, 6) is 2.75. The highest BCUT2D eigenvalue weighted by Gasteiger charge is 2.11. The quantitative estimate of drug-likeness (QED) is 0.287. The van der Waals surface area contributed by atoms with Crippen molar-refractivity contribution < 1.29 is 8.42 Å². The highest BCUT2D eigenvalue weighted by atomic mass is 127. The number of nitrogens with zero attached hydrogens (tertiary/aromatic N) is 2. The molecule has 1 aliphatic heterocycles. The molecule has 0 amide bonds. The van der Waals surface area contributed by atoms with Crippen molar-refractivity contribution in [1.29, 1.82) is 0 Å². The van der Waals surface area contributed by atoms with Crippen LogP contribution in [0, 0.1) is 0 Å². The van der Waals surface area contributed by atoms with Crippen LogP contribution in [-0.4, -0.2) is 63.2 Å². The lowest BCUT2D eigenvalue weighted by atomic mass is 10.4. The Labute approximate surface area is 130 Å². The van der Waals surface area contributed by atoms with Gasteiger partial charge in [-0.25, -0.2) is 13.1 Å². The van der Waals surface area contributed by atoms with Crippen molar-refractivity contribution in [3.63, 3.8) is 0 Å². The van der Waals surface area contributed by atoms with Gasteiger partial charge in [-0.3, -0.25) is 4.99 Å². The summed E-state index contributed by atoms with van der Waals surface area (Å²) in [4.78, 5) is 6.31. The first-order valence-electron chi connectivity index (χ1n) is 5.56. The molecule has 0 atom stereocenters. The molecule has 0 radical (unpaired) electrons. The van der Waals surface area contributed by atoms with E-state index in [2.05, 4.69) is 14.6 Å². The maximum Gasteiger partial charge on any atom is 0.208 e. The molecule has 1 aliphatic rings. The second-order valence-corrected chi connectivity index (χ2v) is 6.92. The van der Waals surface area contributed by atoms with Crippen LogP contribution in [0.15, 0.2) is 4.99 Å². The van der Waals surface area contributed by atoms with Crippen molar-refractivity contribution in [2.24, 2.45) is 10.7 Å². The number of aliphatic imine (C=N–C) groups is 1. The molecule has 3 N–H and O–H groups in total. The molecule has 0 unspecified atom stereocenters. The van der Waals surface area contributed by atoms with Crippen molar-refractivity contribution in [3.8, 4) is 0 Å². The zero-order chi connectivity index (χ0) is 12.7. The highest BCUT2D eigenvalue weighted by molar-refractivity contribution is 14.0. The molecule has 0 saturated carbocycles. The summed E-state index contributed by atoms with van der Waals surface area (Å²) in [6.45, 7) is 2.85. The summed E-state index contributed by atoms with van der Waals surface area (Å²) in [6.07, 6.45) is 1.81. The van der Waals surface area contributed by atoms with E-state index in [4.69, 9.17) is 5.73 Å². The summed E-state index contributed by atoms with van der Waals surface area (Å²) < 4.78 is 24.0. The number of sulfonamides is 1. The van der Waals surface area contributed by atoms with Crippen LogP contribution >= 0.6 is 35.7 Å². The summed E-state index contributed by atoms with van der Waals surface area (Å²) in [5, 5.41) is 0. The van der Waals surface area contributed by atoms with E-state index < -0.39 is 10.0 Å². The topological polar surface area (TPSA) is 87.8 Å². The Morgan fingerprint density at radius 2 is 2.06 bits per heavy atom. The van der Waals surface area contributed by atoms with Crippen LogP contribution in [0.25, 0.3) is 0 Å². The van der Waals surface area contributed by atoms with Gasteiger partial charge in [-0.05, 0) is 6.42 Å². The van der Waals surface area contributed by atoms with Crippen LogP contribution in [0.3, 0.4) is 0 Å². The van der Waals surface area contributed by atoms with E-state index in [1.807, 2.05) is 11.8 Å². The normalized spacial score (nSPS) is 17.4. The number of hydrogen-bond donors (Lipinski definition) is 2. The van der Waals surface area contributed by atoms with Crippen molar-refractivity contribution in [2.45, 2.75) is 6.42 Å². The molecule has 0 aromatic heterocycles. The Hall–Kier alpha value is 0.260. The summed E-state index contributed by atoms with van der Waals surface area (Å²) in [7, 11) is -3.09. The van der Waals surface area contributed by atoms with Crippen LogP contribution in [0.4, 0.5) is 0 Å². The molecule has 1 fully saturated rings. The minimum Gasteiger partial charge on any atom is -0.370 e. The third-order valence-electron chi connectivity index (χ3n) is 2.31. The van der Waals surface area contributed by atoms with Gasteiger partial charge in [0.1, 0.15) is 0 Å². The number of nitrogens with one attached hydrogen (secondary N) is 1. The average molecular weight is 408 g/mol. The van der Waals surface area contributed by atoms with Crippen LogP contribution in [0.5, 0.6) is 0 Å². The van der Waals surface area contributed by atoms with Crippen LogP contribution in [-0.2, 0) is 10.0 Å². The Balaban J connectivity index is 0.00000289. The average Bonchev–Trinajstić information content (AvgIpc) is 2.28. The lowest BCUT2D eigenvalue weighted by Gasteiger charge is -2.27. The molecule has 108 valence electrons. The number of rotatable bonds is 5. The van der Waals surface area contributed by atoms with Crippen molar-refractivity contribution >= 4 is 51.7 Å². The number of halogens is 1. The third kappa shape index (κ3) is 8.38. The first kappa shape index (κ1) is 18.3. The predicted octanol–water partition coefficient (Wildman–Crippen LogP) is -0.0928. The molecule has 0 spiro atoms.